The molecule has 1 rings (SSSR count). The summed E-state index contributed by atoms with van der Waals surface area (Å²) in [5.41, 5.74) is 7.02. The Labute approximate surface area is 123 Å². The Morgan fingerprint density at radius 2 is 2.00 bits per heavy atom. The van der Waals surface area contributed by atoms with E-state index in [1.165, 1.54) is 18.2 Å². The number of benzene rings is 1. The minimum atomic E-state index is -1.50. The third-order valence-corrected chi connectivity index (χ3v) is 2.73. The van der Waals surface area contributed by atoms with E-state index in [4.69, 9.17) is 10.5 Å². The van der Waals surface area contributed by atoms with E-state index in [1.54, 1.807) is 34.6 Å². The largest absolute Gasteiger partial charge is 0.596 e. The molecule has 0 saturated heterocycles. The number of quaternary nitrogens is 1. The molecule has 0 aromatic heterocycles. The van der Waals surface area contributed by atoms with Gasteiger partial charge in [-0.15, -0.1) is 0 Å². The van der Waals surface area contributed by atoms with E-state index in [1.807, 2.05) is 0 Å². The van der Waals surface area contributed by atoms with Gasteiger partial charge in [0.2, 0.25) is 0 Å². The molecular weight excluding hydrogens is 277 g/mol. The van der Waals surface area contributed by atoms with Crippen molar-refractivity contribution in [1.29, 1.82) is 0 Å². The highest BCUT2D eigenvalue weighted by Gasteiger charge is 2.37. The summed E-state index contributed by atoms with van der Waals surface area (Å²) >= 11 is 0. The van der Waals surface area contributed by atoms with Gasteiger partial charge >= 0.3 is 6.09 Å². The molecule has 0 spiro atoms. The predicted molar refractivity (Wildman–Crippen MR) is 79.4 cm³/mol. The minimum absolute atomic E-state index is 0.0459. The molecule has 0 heterocycles. The number of rotatable bonds is 3. The number of hydrogen-bond donors (Lipinski definition) is 2. The average molecular weight is 299 g/mol. The fourth-order valence-corrected chi connectivity index (χ4v) is 1.53. The molecule has 0 fully saturated rings. The van der Waals surface area contributed by atoms with Crippen molar-refractivity contribution in [3.63, 3.8) is 0 Å². The van der Waals surface area contributed by atoms with E-state index < -0.39 is 28.3 Å². The quantitative estimate of drug-likeness (QED) is 0.507. The Morgan fingerprint density at radius 3 is 2.48 bits per heavy atom. The topological polar surface area (TPSA) is 87.4 Å². The molecule has 0 bridgehead atoms. The fourth-order valence-electron chi connectivity index (χ4n) is 1.53. The molecule has 1 unspecified atom stereocenters. The molecule has 1 aromatic carbocycles. The van der Waals surface area contributed by atoms with Crippen molar-refractivity contribution in [1.82, 2.24) is 0 Å². The highest BCUT2D eigenvalue weighted by molar-refractivity contribution is 5.68. The van der Waals surface area contributed by atoms with Gasteiger partial charge in [0.25, 0.3) is 0 Å². The smallest absolute Gasteiger partial charge is 0.542 e. The number of nitrogens with one attached hydrogen (secondary N) is 1. The molecular formula is C14H22FN3O3. The van der Waals surface area contributed by atoms with Crippen LogP contribution < -0.4 is 11.2 Å². The molecule has 21 heavy (non-hydrogen) atoms. The van der Waals surface area contributed by atoms with Crippen molar-refractivity contribution in [2.75, 3.05) is 11.2 Å². The maximum Gasteiger partial charge on any atom is 0.542 e. The molecule has 3 N–H and O–H groups in total. The van der Waals surface area contributed by atoms with E-state index in [0.717, 1.165) is 0 Å². The van der Waals surface area contributed by atoms with Gasteiger partial charge in [-0.2, -0.15) is 9.55 Å². The number of para-hydroxylation sites is 1. The first kappa shape index (κ1) is 17.2. The molecule has 0 aliphatic carbocycles. The Hall–Kier alpha value is -1.86. The van der Waals surface area contributed by atoms with Gasteiger partial charge in [0.1, 0.15) is 23.1 Å². The van der Waals surface area contributed by atoms with Crippen molar-refractivity contribution >= 4 is 17.5 Å². The molecule has 0 saturated carbocycles. The number of nitrogens with two attached hydrogens (primary N) is 1. The number of anilines is 2. The van der Waals surface area contributed by atoms with E-state index in [0.29, 0.717) is 0 Å². The van der Waals surface area contributed by atoms with Crippen molar-refractivity contribution in [3.05, 3.63) is 29.2 Å². The van der Waals surface area contributed by atoms with Crippen LogP contribution in [0.2, 0.25) is 0 Å². The van der Waals surface area contributed by atoms with Gasteiger partial charge in [0.05, 0.1) is 5.69 Å². The standard InChI is InChI=1S/C14H22FN3O3/c1-9(2)18(20,13(19)21-14(3,4)5)17-11-8-6-7-10(15)12(11)16/h6-9,17H,16H2,1-5H3. The predicted octanol–water partition coefficient (Wildman–Crippen LogP) is 3.39. The van der Waals surface area contributed by atoms with Crippen LogP contribution >= 0.6 is 0 Å². The van der Waals surface area contributed by atoms with Crippen molar-refractivity contribution in [3.8, 4) is 0 Å². The van der Waals surface area contributed by atoms with Crippen LogP contribution in [0.15, 0.2) is 18.2 Å². The Kier molecular flexibility index (Phi) is 4.80. The summed E-state index contributed by atoms with van der Waals surface area (Å²) in [6.07, 6.45) is -1.01. The van der Waals surface area contributed by atoms with Crippen LogP contribution in [-0.2, 0) is 4.74 Å². The lowest BCUT2D eigenvalue weighted by molar-refractivity contribution is -0.808. The van der Waals surface area contributed by atoms with Gasteiger partial charge in [-0.3, -0.25) is 0 Å². The zero-order chi connectivity index (χ0) is 16.4. The monoisotopic (exact) mass is 299 g/mol. The van der Waals surface area contributed by atoms with E-state index in [-0.39, 0.29) is 11.4 Å². The van der Waals surface area contributed by atoms with Crippen LogP contribution in [0, 0.1) is 11.0 Å². The molecule has 1 atom stereocenters. The first-order valence-corrected chi connectivity index (χ1v) is 6.63. The zero-order valence-corrected chi connectivity index (χ0v) is 12.9. The van der Waals surface area contributed by atoms with E-state index in [9.17, 15) is 14.4 Å². The molecule has 0 aliphatic heterocycles. The summed E-state index contributed by atoms with van der Waals surface area (Å²) in [6.45, 7) is 8.09. The third kappa shape index (κ3) is 4.05. The maximum atomic E-state index is 13.4. The van der Waals surface area contributed by atoms with Gasteiger partial charge in [-0.1, -0.05) is 6.07 Å². The van der Waals surface area contributed by atoms with Crippen LogP contribution in [0.25, 0.3) is 0 Å². The highest BCUT2D eigenvalue weighted by atomic mass is 19.1. The summed E-state index contributed by atoms with van der Waals surface area (Å²) in [6, 6.07) is 3.30. The van der Waals surface area contributed by atoms with E-state index in [2.05, 4.69) is 5.43 Å². The van der Waals surface area contributed by atoms with E-state index >= 15 is 0 Å². The Balaban J connectivity index is 3.12. The number of hydroxylamine groups is 2. The summed E-state index contributed by atoms with van der Waals surface area (Å²) in [5.74, 6) is -0.667. The molecule has 1 aromatic rings. The number of nitrogen functional groups attached to an aromatic ring is 1. The fraction of sp³-hybridized carbons (Fsp3) is 0.500. The Bertz CT molecular complexity index is 529. The zero-order valence-electron chi connectivity index (χ0n) is 12.9. The lowest BCUT2D eigenvalue weighted by atomic mass is 10.2. The number of carbonyl (C=O) groups excluding carboxylic acids is 1. The lowest BCUT2D eigenvalue weighted by Gasteiger charge is -2.42. The van der Waals surface area contributed by atoms with Crippen LogP contribution in [0.3, 0.4) is 0 Å². The summed E-state index contributed by atoms with van der Waals surface area (Å²) in [4.78, 5) is 12.2. The summed E-state index contributed by atoms with van der Waals surface area (Å²) in [5, 5.41) is 12.8. The molecule has 7 heteroatoms. The number of carbonyl (C=O) groups is 1. The minimum Gasteiger partial charge on any atom is -0.596 e. The van der Waals surface area contributed by atoms with Crippen LogP contribution in [0.5, 0.6) is 0 Å². The molecule has 1 amide bonds. The van der Waals surface area contributed by atoms with Crippen molar-refractivity contribution < 1.29 is 18.7 Å². The number of amides is 1. The first-order chi connectivity index (χ1) is 9.47. The number of hydrogen-bond acceptors (Lipinski definition) is 5. The highest BCUT2D eigenvalue weighted by Crippen LogP contribution is 2.27. The second-order valence-electron chi connectivity index (χ2n) is 6.04. The first-order valence-electron chi connectivity index (χ1n) is 6.63. The van der Waals surface area contributed by atoms with Gasteiger partial charge in [0.15, 0.2) is 0 Å². The average Bonchev–Trinajstić information content (AvgIpc) is 2.32. The van der Waals surface area contributed by atoms with Crippen LogP contribution in [0.1, 0.15) is 34.6 Å². The second-order valence-corrected chi connectivity index (χ2v) is 6.04. The molecule has 0 radical (unpaired) electrons. The van der Waals surface area contributed by atoms with Gasteiger partial charge in [-0.05, 0) is 46.8 Å². The summed E-state index contributed by atoms with van der Waals surface area (Å²) < 4.78 is 17.1. The lowest BCUT2D eigenvalue weighted by Crippen LogP contribution is -2.58. The summed E-state index contributed by atoms with van der Waals surface area (Å²) in [7, 11) is 0. The SMILES string of the molecule is CC(C)[N+]([O-])(Nc1cccc(F)c1N)C(=O)OC(C)(C)C. The van der Waals surface area contributed by atoms with Gasteiger partial charge in [-0.25, -0.2) is 9.82 Å². The van der Waals surface area contributed by atoms with Crippen LogP contribution in [-0.4, -0.2) is 22.5 Å². The molecule has 118 valence electrons. The van der Waals surface area contributed by atoms with Crippen LogP contribution in [0.4, 0.5) is 20.6 Å². The van der Waals surface area contributed by atoms with Crippen molar-refractivity contribution in [2.45, 2.75) is 46.3 Å². The normalized spacial score (nSPS) is 14.7. The number of nitrogens with zero attached hydrogens (tertiary/aromatic N) is 1. The van der Waals surface area contributed by atoms with Gasteiger partial charge in [0, 0.05) is 0 Å². The Morgan fingerprint density at radius 1 is 1.43 bits per heavy atom. The van der Waals surface area contributed by atoms with Gasteiger partial charge < -0.3 is 15.7 Å². The van der Waals surface area contributed by atoms with Crippen molar-refractivity contribution in [2.24, 2.45) is 0 Å². The molecule has 0 aliphatic rings. The second kappa shape index (κ2) is 5.87. The third-order valence-electron chi connectivity index (χ3n) is 2.73. The number of ether oxygens (including phenoxy) is 1. The molecule has 6 nitrogen and oxygen atoms in total. The maximum absolute atomic E-state index is 13.4. The number of halogens is 1.